The Balaban J connectivity index is 1.64. The number of halogens is 1. The van der Waals surface area contributed by atoms with Gasteiger partial charge in [-0.05, 0) is 50.6 Å². The fourth-order valence-electron chi connectivity index (χ4n) is 3.50. The van der Waals surface area contributed by atoms with Crippen molar-refractivity contribution in [3.63, 3.8) is 0 Å². The lowest BCUT2D eigenvalue weighted by Gasteiger charge is -2.09. The fraction of sp³-hybridized carbons (Fsp3) is 0.217. The number of benzene rings is 2. The number of aromatic nitrogens is 4. The molecule has 0 amide bonds. The van der Waals surface area contributed by atoms with E-state index in [1.807, 2.05) is 50.2 Å². The van der Waals surface area contributed by atoms with Crippen LogP contribution in [-0.4, -0.2) is 19.9 Å². The first-order valence-corrected chi connectivity index (χ1v) is 9.84. The molecule has 0 atom stereocenters. The molecule has 0 radical (unpaired) electrons. The van der Waals surface area contributed by atoms with E-state index in [2.05, 4.69) is 32.9 Å². The van der Waals surface area contributed by atoms with Gasteiger partial charge in [0.2, 0.25) is 0 Å². The van der Waals surface area contributed by atoms with Crippen molar-refractivity contribution in [2.45, 2.75) is 33.6 Å². The van der Waals surface area contributed by atoms with E-state index in [0.717, 1.165) is 22.2 Å². The van der Waals surface area contributed by atoms with Crippen LogP contribution in [0.1, 0.15) is 39.7 Å². The van der Waals surface area contributed by atoms with Crippen molar-refractivity contribution in [1.82, 2.24) is 19.9 Å². The number of nitrogens with one attached hydrogen (secondary N) is 1. The Morgan fingerprint density at radius 1 is 0.931 bits per heavy atom. The second-order valence-corrected chi connectivity index (χ2v) is 7.74. The van der Waals surface area contributed by atoms with Crippen molar-refractivity contribution in [2.24, 2.45) is 0 Å². The molecule has 29 heavy (non-hydrogen) atoms. The minimum atomic E-state index is -0.138. The monoisotopic (exact) mass is 404 g/mol. The summed E-state index contributed by atoms with van der Waals surface area (Å²) in [6.07, 6.45) is 0.859. The Kier molecular flexibility index (Phi) is 5.16. The van der Waals surface area contributed by atoms with Crippen molar-refractivity contribution in [3.05, 3.63) is 97.6 Å². The van der Waals surface area contributed by atoms with E-state index in [-0.39, 0.29) is 5.56 Å². The van der Waals surface area contributed by atoms with Gasteiger partial charge in [0, 0.05) is 33.8 Å². The lowest BCUT2D eigenvalue weighted by atomic mass is 10.1. The van der Waals surface area contributed by atoms with Gasteiger partial charge in [0.05, 0.1) is 11.9 Å². The maximum absolute atomic E-state index is 12.7. The number of aromatic amines is 1. The molecule has 2 aromatic carbocycles. The van der Waals surface area contributed by atoms with Gasteiger partial charge < -0.3 is 4.98 Å². The molecule has 0 aliphatic carbocycles. The van der Waals surface area contributed by atoms with E-state index in [4.69, 9.17) is 11.6 Å². The quantitative estimate of drug-likeness (QED) is 0.544. The summed E-state index contributed by atoms with van der Waals surface area (Å²) >= 11 is 6.05. The molecular weight excluding hydrogens is 384 g/mol. The number of hydrogen-bond donors (Lipinski definition) is 1. The van der Waals surface area contributed by atoms with E-state index in [9.17, 15) is 4.79 Å². The van der Waals surface area contributed by atoms with Gasteiger partial charge in [0.25, 0.3) is 5.56 Å². The molecule has 0 unspecified atom stereocenters. The van der Waals surface area contributed by atoms with Crippen LogP contribution >= 0.6 is 11.6 Å². The molecule has 5 nitrogen and oxygen atoms in total. The number of fused-ring (bicyclic) bond motifs is 1. The van der Waals surface area contributed by atoms with Gasteiger partial charge in [-0.1, -0.05) is 35.4 Å². The summed E-state index contributed by atoms with van der Waals surface area (Å²) in [5.41, 5.74) is 5.18. The van der Waals surface area contributed by atoms with Crippen molar-refractivity contribution < 1.29 is 0 Å². The van der Waals surface area contributed by atoms with Crippen molar-refractivity contribution >= 4 is 22.5 Å². The highest BCUT2D eigenvalue weighted by Crippen LogP contribution is 2.18. The van der Waals surface area contributed by atoms with Crippen LogP contribution in [-0.2, 0) is 12.8 Å². The van der Waals surface area contributed by atoms with E-state index in [1.54, 1.807) is 0 Å². The van der Waals surface area contributed by atoms with Gasteiger partial charge >= 0.3 is 0 Å². The lowest BCUT2D eigenvalue weighted by Crippen LogP contribution is -2.20. The molecule has 0 fully saturated rings. The molecule has 0 aliphatic heterocycles. The first-order valence-electron chi connectivity index (χ1n) is 9.46. The molecule has 6 heteroatoms. The Hall–Kier alpha value is -3.05. The SMILES string of the molecule is Cc1ccc2nc(Cc3nc(C)c(Cc4cccc(Cl)c4)c(=O)[nH]3)nc(C)c2c1. The first-order chi connectivity index (χ1) is 13.9. The summed E-state index contributed by atoms with van der Waals surface area (Å²) in [4.78, 5) is 29.4. The Labute approximate surface area is 173 Å². The van der Waals surface area contributed by atoms with Gasteiger partial charge in [-0.2, -0.15) is 0 Å². The molecule has 0 saturated carbocycles. The molecule has 0 spiro atoms. The van der Waals surface area contributed by atoms with Crippen LogP contribution in [0.5, 0.6) is 0 Å². The second kappa shape index (κ2) is 7.76. The van der Waals surface area contributed by atoms with Crippen molar-refractivity contribution in [3.8, 4) is 0 Å². The van der Waals surface area contributed by atoms with Crippen LogP contribution < -0.4 is 5.56 Å². The van der Waals surface area contributed by atoms with Crippen LogP contribution in [0.4, 0.5) is 0 Å². The third kappa shape index (κ3) is 4.20. The van der Waals surface area contributed by atoms with E-state index in [1.165, 1.54) is 5.56 Å². The van der Waals surface area contributed by atoms with Crippen LogP contribution in [0.2, 0.25) is 5.02 Å². The fourth-order valence-corrected chi connectivity index (χ4v) is 3.71. The Bertz CT molecular complexity index is 1280. The highest BCUT2D eigenvalue weighted by atomic mass is 35.5. The minimum Gasteiger partial charge on any atom is -0.310 e. The predicted octanol–water partition coefficient (Wildman–Crippen LogP) is 4.47. The largest absolute Gasteiger partial charge is 0.310 e. The van der Waals surface area contributed by atoms with Gasteiger partial charge in [0.15, 0.2) is 0 Å². The standard InChI is InChI=1S/C23H21ClN4O/c1-13-7-8-20-18(9-13)14(2)25-21(27-20)12-22-26-15(3)19(23(29)28-22)11-16-5-4-6-17(24)10-16/h4-10H,11-12H2,1-3H3,(H,26,28,29). The number of hydrogen-bond acceptors (Lipinski definition) is 4. The van der Waals surface area contributed by atoms with E-state index in [0.29, 0.717) is 40.8 Å². The topological polar surface area (TPSA) is 71.5 Å². The molecule has 4 rings (SSSR count). The van der Waals surface area contributed by atoms with Gasteiger partial charge in [-0.15, -0.1) is 0 Å². The summed E-state index contributed by atoms with van der Waals surface area (Å²) in [7, 11) is 0. The second-order valence-electron chi connectivity index (χ2n) is 7.31. The molecule has 0 bridgehead atoms. The zero-order valence-electron chi connectivity index (χ0n) is 16.6. The molecule has 2 aromatic heterocycles. The number of rotatable bonds is 4. The summed E-state index contributed by atoms with van der Waals surface area (Å²) in [5, 5.41) is 1.70. The Morgan fingerprint density at radius 3 is 2.52 bits per heavy atom. The normalized spacial score (nSPS) is 11.2. The molecule has 4 aromatic rings. The predicted molar refractivity (Wildman–Crippen MR) is 116 cm³/mol. The molecule has 0 aliphatic rings. The third-order valence-electron chi connectivity index (χ3n) is 4.95. The molecular formula is C23H21ClN4O. The van der Waals surface area contributed by atoms with Crippen LogP contribution in [0, 0.1) is 20.8 Å². The van der Waals surface area contributed by atoms with Crippen molar-refractivity contribution in [1.29, 1.82) is 0 Å². The lowest BCUT2D eigenvalue weighted by molar-refractivity contribution is 0.847. The highest BCUT2D eigenvalue weighted by molar-refractivity contribution is 6.30. The van der Waals surface area contributed by atoms with E-state index >= 15 is 0 Å². The number of nitrogens with zero attached hydrogens (tertiary/aromatic N) is 3. The minimum absolute atomic E-state index is 0.138. The van der Waals surface area contributed by atoms with E-state index < -0.39 is 0 Å². The number of aryl methyl sites for hydroxylation is 3. The average molecular weight is 405 g/mol. The van der Waals surface area contributed by atoms with Gasteiger partial charge in [0.1, 0.15) is 11.6 Å². The smallest absolute Gasteiger partial charge is 0.254 e. The first kappa shape index (κ1) is 19.3. The highest BCUT2D eigenvalue weighted by Gasteiger charge is 2.12. The van der Waals surface area contributed by atoms with Crippen LogP contribution in [0.3, 0.4) is 0 Å². The van der Waals surface area contributed by atoms with Crippen LogP contribution in [0.25, 0.3) is 10.9 Å². The Morgan fingerprint density at radius 2 is 1.76 bits per heavy atom. The van der Waals surface area contributed by atoms with Crippen LogP contribution in [0.15, 0.2) is 47.3 Å². The maximum Gasteiger partial charge on any atom is 0.254 e. The van der Waals surface area contributed by atoms with Gasteiger partial charge in [-0.25, -0.2) is 15.0 Å². The summed E-state index contributed by atoms with van der Waals surface area (Å²) in [6.45, 7) is 5.88. The maximum atomic E-state index is 12.7. The zero-order valence-corrected chi connectivity index (χ0v) is 17.3. The third-order valence-corrected chi connectivity index (χ3v) is 5.19. The molecule has 0 saturated heterocycles. The molecule has 146 valence electrons. The summed E-state index contributed by atoms with van der Waals surface area (Å²) < 4.78 is 0. The zero-order chi connectivity index (χ0) is 20.5. The summed E-state index contributed by atoms with van der Waals surface area (Å²) in [5.74, 6) is 1.21. The van der Waals surface area contributed by atoms with Crippen molar-refractivity contribution in [2.75, 3.05) is 0 Å². The number of H-pyrrole nitrogens is 1. The summed E-state index contributed by atoms with van der Waals surface area (Å²) in [6, 6.07) is 13.6. The average Bonchev–Trinajstić information content (AvgIpc) is 2.65. The molecule has 1 N–H and O–H groups in total. The van der Waals surface area contributed by atoms with Gasteiger partial charge in [-0.3, -0.25) is 4.79 Å². The molecule has 2 heterocycles.